The van der Waals surface area contributed by atoms with Crippen molar-refractivity contribution in [3.05, 3.63) is 0 Å². The van der Waals surface area contributed by atoms with Crippen molar-refractivity contribution in [2.45, 2.75) is 57.7 Å². The maximum atomic E-state index is 5.67. The summed E-state index contributed by atoms with van der Waals surface area (Å²) in [5.74, 6) is 0.819. The number of piperidine rings is 1. The molecule has 1 radical (unpaired) electrons. The molecule has 0 unspecified atom stereocenters. The van der Waals surface area contributed by atoms with Gasteiger partial charge >= 0.3 is 122 Å². The Labute approximate surface area is 122 Å². The molecule has 0 saturated carbocycles. The second-order valence-corrected chi connectivity index (χ2v) is 6.50. The van der Waals surface area contributed by atoms with Crippen LogP contribution in [0, 0.1) is 0 Å². The molecule has 5 N–H and O–H groups in total. The fourth-order valence-corrected chi connectivity index (χ4v) is 3.01. The third kappa shape index (κ3) is 5.32. The summed E-state index contributed by atoms with van der Waals surface area (Å²) in [4.78, 5) is 7.92. The average Bonchev–Trinajstić information content (AvgIpc) is 2.23. The minimum atomic E-state index is 0.0724. The fourth-order valence-electron chi connectivity index (χ4n) is 3.01. The van der Waals surface area contributed by atoms with Crippen LogP contribution in [0.3, 0.4) is 0 Å². The fraction of sp³-hybridized carbons (Fsp3) is 0.769. The maximum absolute atomic E-state index is 5.67. The van der Waals surface area contributed by atoms with Crippen LogP contribution < -0.4 is 21.7 Å². The Bertz CT molecular complexity index is 397. The first-order valence-electron chi connectivity index (χ1n) is 6.84. The van der Waals surface area contributed by atoms with Crippen molar-refractivity contribution >= 4 is 25.5 Å². The second kappa shape index (κ2) is 6.39. The molecule has 111 valence electrons. The molecule has 0 aromatic rings. The van der Waals surface area contributed by atoms with E-state index >= 15 is 0 Å². The number of guanidine groups is 2. The number of hydrogen-bond donors (Lipinski definition) is 4. The summed E-state index contributed by atoms with van der Waals surface area (Å²) in [5, 5.41) is 9.94. The molecular formula is C13H26BN6. The predicted octanol–water partition coefficient (Wildman–Crippen LogP) is -0.296. The standard InChI is InChI=1S/C13H26BN6/c1-12(2)6-9(7-13(3,4)20-12)18-11(16-5)19-10(15)17-8-14/h8-9,20H,6-7H2,1-5H3,(H4,15,16,17,18,19). The van der Waals surface area contributed by atoms with E-state index in [0.29, 0.717) is 12.0 Å². The van der Waals surface area contributed by atoms with Crippen LogP contribution in [0.15, 0.2) is 9.98 Å². The zero-order chi connectivity index (χ0) is 15.4. The molecule has 1 heterocycles. The SMILES string of the molecule is [B]=CN=C(N)NC(=NC)NC1CC(C)(C)NC(C)(C)C1. The Morgan fingerprint density at radius 1 is 1.30 bits per heavy atom. The molecule has 6 nitrogen and oxygen atoms in total. The van der Waals surface area contributed by atoms with Gasteiger partial charge in [-0.1, -0.05) is 0 Å². The van der Waals surface area contributed by atoms with Gasteiger partial charge in [-0.2, -0.15) is 0 Å². The first-order valence-corrected chi connectivity index (χ1v) is 6.84. The number of nitrogens with zero attached hydrogens (tertiary/aromatic N) is 2. The second-order valence-electron chi connectivity index (χ2n) is 6.50. The molecule has 0 bridgehead atoms. The number of aliphatic imine (C=N–C) groups is 2. The topological polar surface area (TPSA) is 86.8 Å². The van der Waals surface area contributed by atoms with Crippen LogP contribution in [0.5, 0.6) is 0 Å². The predicted molar refractivity (Wildman–Crippen MR) is 87.4 cm³/mol. The first kappa shape index (κ1) is 16.7. The van der Waals surface area contributed by atoms with Gasteiger partial charge in [0.25, 0.3) is 0 Å². The average molecular weight is 277 g/mol. The van der Waals surface area contributed by atoms with Crippen LogP contribution in [0.25, 0.3) is 0 Å². The van der Waals surface area contributed by atoms with E-state index in [1.54, 1.807) is 7.05 Å². The molecule has 7 heteroatoms. The summed E-state index contributed by atoms with van der Waals surface area (Å²) in [7, 11) is 6.90. The molecule has 1 rings (SSSR count). The summed E-state index contributed by atoms with van der Waals surface area (Å²) in [6.45, 7) is 8.83. The zero-order valence-corrected chi connectivity index (χ0v) is 13.1. The van der Waals surface area contributed by atoms with Crippen molar-refractivity contribution < 1.29 is 0 Å². The van der Waals surface area contributed by atoms with Gasteiger partial charge in [0.2, 0.25) is 0 Å². The third-order valence-corrected chi connectivity index (χ3v) is 3.21. The van der Waals surface area contributed by atoms with Crippen LogP contribution in [0.4, 0.5) is 0 Å². The summed E-state index contributed by atoms with van der Waals surface area (Å²) in [5.41, 5.74) is 5.81. The molecule has 0 aliphatic carbocycles. The van der Waals surface area contributed by atoms with Crippen molar-refractivity contribution in [3.8, 4) is 0 Å². The first-order chi connectivity index (χ1) is 9.17. The van der Waals surface area contributed by atoms with Gasteiger partial charge in [0.15, 0.2) is 0 Å². The molecule has 0 aromatic carbocycles. The molecule has 1 aliphatic heterocycles. The van der Waals surface area contributed by atoms with Gasteiger partial charge in [-0.25, -0.2) is 0 Å². The Morgan fingerprint density at radius 3 is 2.30 bits per heavy atom. The van der Waals surface area contributed by atoms with Crippen molar-refractivity contribution in [1.29, 1.82) is 0 Å². The molecule has 0 amide bonds. The Kier molecular flexibility index (Phi) is 5.33. The monoisotopic (exact) mass is 277 g/mol. The van der Waals surface area contributed by atoms with Crippen molar-refractivity contribution in [2.75, 3.05) is 7.05 Å². The van der Waals surface area contributed by atoms with E-state index in [2.05, 4.69) is 53.6 Å². The van der Waals surface area contributed by atoms with Gasteiger partial charge in [-0.15, -0.1) is 0 Å². The van der Waals surface area contributed by atoms with Gasteiger partial charge in [0, 0.05) is 0 Å². The Hall–Kier alpha value is -1.37. The number of nitrogens with one attached hydrogen (secondary N) is 3. The number of rotatable bonds is 2. The van der Waals surface area contributed by atoms with E-state index in [0.717, 1.165) is 18.9 Å². The summed E-state index contributed by atoms with van der Waals surface area (Å²) < 4.78 is 0. The molecule has 20 heavy (non-hydrogen) atoms. The van der Waals surface area contributed by atoms with Gasteiger partial charge in [-0.05, 0) is 0 Å². The molecule has 0 aromatic heterocycles. The minimum absolute atomic E-state index is 0.0724. The Morgan fingerprint density at radius 2 is 1.85 bits per heavy atom. The third-order valence-electron chi connectivity index (χ3n) is 3.21. The molecule has 1 fully saturated rings. The van der Waals surface area contributed by atoms with E-state index in [-0.39, 0.29) is 17.0 Å². The van der Waals surface area contributed by atoms with Gasteiger partial charge in [0.05, 0.1) is 0 Å². The van der Waals surface area contributed by atoms with E-state index in [1.807, 2.05) is 0 Å². The van der Waals surface area contributed by atoms with Crippen LogP contribution >= 0.6 is 0 Å². The molecule has 1 saturated heterocycles. The van der Waals surface area contributed by atoms with Crippen LogP contribution in [-0.4, -0.2) is 49.7 Å². The van der Waals surface area contributed by atoms with Gasteiger partial charge in [0.1, 0.15) is 0 Å². The number of hydrogen-bond acceptors (Lipinski definition) is 3. The molecular weight excluding hydrogens is 251 g/mol. The summed E-state index contributed by atoms with van der Waals surface area (Å²) >= 11 is 0. The molecule has 0 atom stereocenters. The van der Waals surface area contributed by atoms with Gasteiger partial charge in [-0.3, -0.25) is 0 Å². The molecule has 0 spiro atoms. The van der Waals surface area contributed by atoms with Gasteiger partial charge < -0.3 is 0 Å². The zero-order valence-electron chi connectivity index (χ0n) is 13.1. The molecule has 1 aliphatic rings. The van der Waals surface area contributed by atoms with E-state index in [9.17, 15) is 0 Å². The van der Waals surface area contributed by atoms with Crippen LogP contribution in [0.2, 0.25) is 0 Å². The normalized spacial score (nSPS) is 23.2. The van der Waals surface area contributed by atoms with E-state index in [4.69, 9.17) is 13.2 Å². The van der Waals surface area contributed by atoms with Crippen LogP contribution in [-0.2, 0) is 0 Å². The van der Waals surface area contributed by atoms with E-state index < -0.39 is 0 Å². The van der Waals surface area contributed by atoms with Crippen molar-refractivity contribution in [3.63, 3.8) is 0 Å². The Balaban J connectivity index is 2.70. The van der Waals surface area contributed by atoms with E-state index in [1.165, 1.54) is 0 Å². The van der Waals surface area contributed by atoms with Crippen LogP contribution in [0.1, 0.15) is 40.5 Å². The quantitative estimate of drug-likeness (QED) is 0.317. The van der Waals surface area contributed by atoms with Crippen molar-refractivity contribution in [1.82, 2.24) is 16.0 Å². The van der Waals surface area contributed by atoms with Crippen molar-refractivity contribution in [2.24, 2.45) is 15.7 Å². The number of nitrogens with two attached hydrogens (primary N) is 1. The summed E-state index contributed by atoms with van der Waals surface area (Å²) in [6, 6.07) is 0.308. The summed E-state index contributed by atoms with van der Waals surface area (Å²) in [6.07, 6.45) is 3.14.